The van der Waals surface area contributed by atoms with Crippen molar-refractivity contribution >= 4 is 17.3 Å². The van der Waals surface area contributed by atoms with Crippen LogP contribution in [0.4, 0.5) is 17.3 Å². The molecule has 6 rings (SSSR count). The van der Waals surface area contributed by atoms with Crippen LogP contribution in [0, 0.1) is 0 Å². The van der Waals surface area contributed by atoms with Crippen molar-refractivity contribution in [3.63, 3.8) is 0 Å². The quantitative estimate of drug-likeness (QED) is 0.372. The zero-order valence-corrected chi connectivity index (χ0v) is 21.5. The molecule has 2 aromatic heterocycles. The molecule has 0 saturated carbocycles. The van der Waals surface area contributed by atoms with Gasteiger partial charge in [0.15, 0.2) is 5.82 Å². The highest BCUT2D eigenvalue weighted by Gasteiger charge is 2.41. The van der Waals surface area contributed by atoms with E-state index in [2.05, 4.69) is 133 Å². The van der Waals surface area contributed by atoms with Crippen LogP contribution in [0.1, 0.15) is 58.4 Å². The molecule has 4 aromatic rings. The third kappa shape index (κ3) is 3.42. The van der Waals surface area contributed by atoms with Crippen LogP contribution in [-0.2, 0) is 17.4 Å². The summed E-state index contributed by atoms with van der Waals surface area (Å²) in [7, 11) is 0. The number of benzene rings is 2. The van der Waals surface area contributed by atoms with Crippen LogP contribution in [-0.4, -0.2) is 21.0 Å². The van der Waals surface area contributed by atoms with Crippen LogP contribution < -0.4 is 15.3 Å². The molecule has 2 aromatic carbocycles. The minimum Gasteiger partial charge on any atom is -0.332 e. The van der Waals surface area contributed by atoms with Crippen LogP contribution in [0.15, 0.2) is 66.9 Å². The van der Waals surface area contributed by atoms with E-state index in [1.54, 1.807) is 0 Å². The lowest BCUT2D eigenvalue weighted by molar-refractivity contribution is 0.552. The summed E-state index contributed by atoms with van der Waals surface area (Å²) in [6.07, 6.45) is 2.31. The van der Waals surface area contributed by atoms with Crippen LogP contribution in [0.2, 0.25) is 0 Å². The molecule has 2 aliphatic rings. The number of fused-ring (bicyclic) bond motifs is 6. The second kappa shape index (κ2) is 7.41. The van der Waals surface area contributed by atoms with Crippen LogP contribution in [0.5, 0.6) is 0 Å². The maximum absolute atomic E-state index is 5.19. The number of hydrogen-bond acceptors (Lipinski definition) is 4. The predicted octanol–water partition coefficient (Wildman–Crippen LogP) is 6.38. The molecule has 2 bridgehead atoms. The summed E-state index contributed by atoms with van der Waals surface area (Å²) in [5.41, 5.74) is 10.9. The van der Waals surface area contributed by atoms with Gasteiger partial charge in [-0.15, -0.1) is 0 Å². The Labute approximate surface area is 207 Å². The van der Waals surface area contributed by atoms with Gasteiger partial charge in [0.05, 0.1) is 17.9 Å². The maximum atomic E-state index is 5.19. The number of hydrazine groups is 1. The first-order chi connectivity index (χ1) is 16.6. The Kier molecular flexibility index (Phi) is 4.62. The van der Waals surface area contributed by atoms with Crippen molar-refractivity contribution in [3.8, 4) is 11.4 Å². The second-order valence-corrected chi connectivity index (χ2v) is 11.7. The van der Waals surface area contributed by atoms with Gasteiger partial charge in [-0.1, -0.05) is 77.9 Å². The SMILES string of the molecule is CC(C)(C)c1cn(-c2ccccc2)c2c1NN1CN2Cc2c(C(C)(C)C)nn(-c3ccccc3)c21. The Morgan fingerprint density at radius 2 is 1.40 bits per heavy atom. The molecule has 2 aliphatic heterocycles. The monoisotopic (exact) mass is 466 g/mol. The number of aromatic nitrogens is 3. The summed E-state index contributed by atoms with van der Waals surface area (Å²) in [4.78, 5) is 2.49. The van der Waals surface area contributed by atoms with Crippen LogP contribution in [0.25, 0.3) is 11.4 Å². The molecule has 0 unspecified atom stereocenters. The molecule has 0 saturated heterocycles. The Bertz CT molecular complexity index is 1280. The Morgan fingerprint density at radius 3 is 2.00 bits per heavy atom. The van der Waals surface area contributed by atoms with Crippen molar-refractivity contribution in [3.05, 3.63) is 83.7 Å². The number of nitrogens with zero attached hydrogens (tertiary/aromatic N) is 5. The number of anilines is 3. The molecule has 1 N–H and O–H groups in total. The highest BCUT2D eigenvalue weighted by Crippen LogP contribution is 2.48. The Hall–Kier alpha value is -3.67. The minimum atomic E-state index is -0.0706. The standard InChI is InChI=1S/C29H34N6/c1-28(2,3)23-18-33(20-13-9-7-10-14-20)27-24(23)30-34-19-32(27)17-22-25(29(4,5)6)31-35(26(22)34)21-15-11-8-12-16-21/h7-16,18,30H,17,19H2,1-6H3. The number of para-hydroxylation sites is 2. The lowest BCUT2D eigenvalue weighted by Crippen LogP contribution is -2.50. The van der Waals surface area contributed by atoms with Gasteiger partial charge in [-0.2, -0.15) is 5.10 Å². The van der Waals surface area contributed by atoms with E-state index in [1.807, 2.05) is 0 Å². The predicted molar refractivity (Wildman–Crippen MR) is 144 cm³/mol. The highest BCUT2D eigenvalue weighted by atomic mass is 15.6. The number of nitrogens with one attached hydrogen (secondary N) is 1. The molecule has 0 radical (unpaired) electrons. The lowest BCUT2D eigenvalue weighted by atomic mass is 9.87. The smallest absolute Gasteiger partial charge is 0.157 e. The van der Waals surface area contributed by atoms with Crippen molar-refractivity contribution in [2.75, 3.05) is 22.0 Å². The molecule has 0 spiro atoms. The molecule has 0 fully saturated rings. The largest absolute Gasteiger partial charge is 0.332 e. The number of rotatable bonds is 2. The Balaban J connectivity index is 1.56. The molecule has 180 valence electrons. The topological polar surface area (TPSA) is 41.3 Å². The molecule has 6 nitrogen and oxygen atoms in total. The van der Waals surface area contributed by atoms with Crippen molar-refractivity contribution in [2.45, 2.75) is 58.9 Å². The third-order valence-corrected chi connectivity index (χ3v) is 6.95. The molecule has 35 heavy (non-hydrogen) atoms. The van der Waals surface area contributed by atoms with Crippen molar-refractivity contribution in [2.24, 2.45) is 0 Å². The third-order valence-electron chi connectivity index (χ3n) is 6.95. The molecular formula is C29H34N6. The number of hydrogen-bond donors (Lipinski definition) is 1. The summed E-state index contributed by atoms with van der Waals surface area (Å²) in [5, 5.41) is 7.47. The first kappa shape index (κ1) is 21.8. The molecular weight excluding hydrogens is 432 g/mol. The summed E-state index contributed by atoms with van der Waals surface area (Å²) < 4.78 is 4.47. The van der Waals surface area contributed by atoms with E-state index in [1.165, 1.54) is 28.3 Å². The van der Waals surface area contributed by atoms with E-state index < -0.39 is 0 Å². The van der Waals surface area contributed by atoms with Crippen molar-refractivity contribution < 1.29 is 0 Å². The summed E-state index contributed by atoms with van der Waals surface area (Å²) >= 11 is 0. The molecule has 0 amide bonds. The molecule has 0 aliphatic carbocycles. The zero-order valence-electron chi connectivity index (χ0n) is 21.5. The average Bonchev–Trinajstić information content (AvgIpc) is 3.40. The van der Waals surface area contributed by atoms with E-state index in [4.69, 9.17) is 5.10 Å². The van der Waals surface area contributed by atoms with Gasteiger partial charge >= 0.3 is 0 Å². The first-order valence-corrected chi connectivity index (χ1v) is 12.4. The normalized spacial score (nSPS) is 15.0. The molecule has 4 heterocycles. The fourth-order valence-electron chi connectivity index (χ4n) is 5.33. The van der Waals surface area contributed by atoms with Crippen LogP contribution in [0.3, 0.4) is 0 Å². The molecule has 0 atom stereocenters. The van der Waals surface area contributed by atoms with E-state index in [-0.39, 0.29) is 10.8 Å². The maximum Gasteiger partial charge on any atom is 0.157 e. The van der Waals surface area contributed by atoms with E-state index in [9.17, 15) is 0 Å². The fraction of sp³-hybridized carbons (Fsp3) is 0.345. The van der Waals surface area contributed by atoms with Crippen molar-refractivity contribution in [1.29, 1.82) is 0 Å². The van der Waals surface area contributed by atoms with Crippen LogP contribution >= 0.6 is 0 Å². The van der Waals surface area contributed by atoms with E-state index in [0.29, 0.717) is 0 Å². The molecule has 6 heteroatoms. The summed E-state index contributed by atoms with van der Waals surface area (Å²) in [5.74, 6) is 2.35. The van der Waals surface area contributed by atoms with Gasteiger partial charge in [-0.3, -0.25) is 5.43 Å². The minimum absolute atomic E-state index is 0.00986. The highest BCUT2D eigenvalue weighted by molar-refractivity contribution is 5.82. The van der Waals surface area contributed by atoms with Gasteiger partial charge in [-0.25, -0.2) is 9.69 Å². The average molecular weight is 467 g/mol. The van der Waals surface area contributed by atoms with Gasteiger partial charge in [0.1, 0.15) is 18.2 Å². The summed E-state index contributed by atoms with van der Waals surface area (Å²) in [6.45, 7) is 15.2. The van der Waals surface area contributed by atoms with Gasteiger partial charge in [0.2, 0.25) is 0 Å². The van der Waals surface area contributed by atoms with E-state index in [0.717, 1.165) is 30.4 Å². The zero-order chi connectivity index (χ0) is 24.5. The first-order valence-electron chi connectivity index (χ1n) is 12.4. The van der Waals surface area contributed by atoms with Gasteiger partial charge in [0, 0.05) is 28.4 Å². The van der Waals surface area contributed by atoms with Gasteiger partial charge < -0.3 is 9.47 Å². The van der Waals surface area contributed by atoms with Gasteiger partial charge in [0.25, 0.3) is 0 Å². The van der Waals surface area contributed by atoms with Crippen molar-refractivity contribution in [1.82, 2.24) is 14.3 Å². The lowest BCUT2D eigenvalue weighted by Gasteiger charge is -2.44. The van der Waals surface area contributed by atoms with Gasteiger partial charge in [-0.05, 0) is 29.7 Å². The summed E-state index contributed by atoms with van der Waals surface area (Å²) in [6, 6.07) is 21.1. The fourth-order valence-corrected chi connectivity index (χ4v) is 5.33. The Morgan fingerprint density at radius 1 is 0.771 bits per heavy atom. The second-order valence-electron chi connectivity index (χ2n) is 11.7. The van der Waals surface area contributed by atoms with E-state index >= 15 is 0 Å².